The van der Waals surface area contributed by atoms with Gasteiger partial charge in [0.15, 0.2) is 16.3 Å². The van der Waals surface area contributed by atoms with Crippen LogP contribution in [-0.4, -0.2) is 29.2 Å². The zero-order valence-corrected chi connectivity index (χ0v) is 26.0. The number of carbonyl (C=O) groups excluding carboxylic acids is 1. The Balaban J connectivity index is 1.58. The van der Waals surface area contributed by atoms with Gasteiger partial charge in [0.25, 0.3) is 11.2 Å². The van der Waals surface area contributed by atoms with Crippen molar-refractivity contribution in [2.75, 3.05) is 13.7 Å². The van der Waals surface area contributed by atoms with Gasteiger partial charge < -0.3 is 14.2 Å². The van der Waals surface area contributed by atoms with Gasteiger partial charge in [-0.15, -0.1) is 0 Å². The maximum absolute atomic E-state index is 14.0. The Morgan fingerprint density at radius 1 is 1.07 bits per heavy atom. The molecule has 0 spiro atoms. The van der Waals surface area contributed by atoms with Crippen LogP contribution in [0.2, 0.25) is 0 Å². The van der Waals surface area contributed by atoms with E-state index in [1.54, 1.807) is 44.4 Å². The Hall–Kier alpha value is -5.03. The molecule has 5 rings (SSSR count). The summed E-state index contributed by atoms with van der Waals surface area (Å²) in [7, 11) is 1.55. The van der Waals surface area contributed by atoms with Gasteiger partial charge in [-0.3, -0.25) is 19.5 Å². The smallest absolute Gasteiger partial charge is 0.338 e. The maximum Gasteiger partial charge on any atom is 0.338 e. The molecule has 1 aliphatic rings. The standard InChI is InChI=1S/C34H33N3O7S/c1-4-5-9-18-43-27-17-14-25(20-28(27)42-3)31-30(33(39)44-21-24-10-7-6-8-11-24)22(2)35-34-36(31)32(38)29(45-34)19-23-12-15-26(16-13-23)37(40)41/h6-8,10-17,19-20,31H,4-5,9,18,21H2,1-3H3. The number of thiazole rings is 1. The van der Waals surface area contributed by atoms with E-state index in [-0.39, 0.29) is 23.4 Å². The van der Waals surface area contributed by atoms with Crippen LogP contribution in [0.15, 0.2) is 93.9 Å². The molecular formula is C34H33N3O7S. The Morgan fingerprint density at radius 3 is 2.51 bits per heavy atom. The average molecular weight is 628 g/mol. The number of methoxy groups -OCH3 is 1. The topological polar surface area (TPSA) is 122 Å². The second-order valence-electron chi connectivity index (χ2n) is 10.5. The second-order valence-corrected chi connectivity index (χ2v) is 11.5. The van der Waals surface area contributed by atoms with Gasteiger partial charge >= 0.3 is 5.97 Å². The van der Waals surface area contributed by atoms with Crippen LogP contribution in [0.3, 0.4) is 0 Å². The van der Waals surface area contributed by atoms with Gasteiger partial charge in [0.2, 0.25) is 0 Å². The normalized spacial score (nSPS) is 14.5. The highest BCUT2D eigenvalue weighted by atomic mass is 32.1. The van der Waals surface area contributed by atoms with E-state index in [2.05, 4.69) is 11.9 Å². The molecule has 2 heterocycles. The third-order valence-electron chi connectivity index (χ3n) is 7.36. The van der Waals surface area contributed by atoms with E-state index in [9.17, 15) is 19.7 Å². The van der Waals surface area contributed by atoms with Crippen molar-refractivity contribution in [1.82, 2.24) is 4.57 Å². The molecule has 4 aromatic rings. The molecule has 0 N–H and O–H groups in total. The summed E-state index contributed by atoms with van der Waals surface area (Å²) in [5.74, 6) is 0.453. The van der Waals surface area contributed by atoms with Gasteiger partial charge in [-0.1, -0.05) is 67.5 Å². The average Bonchev–Trinajstić information content (AvgIpc) is 3.35. The molecule has 1 atom stereocenters. The highest BCUT2D eigenvalue weighted by Crippen LogP contribution is 2.36. The van der Waals surface area contributed by atoms with E-state index in [4.69, 9.17) is 14.2 Å². The van der Waals surface area contributed by atoms with Crippen molar-refractivity contribution >= 4 is 29.1 Å². The first-order chi connectivity index (χ1) is 21.8. The molecule has 3 aromatic carbocycles. The fraction of sp³-hybridized carbons (Fsp3) is 0.265. The minimum Gasteiger partial charge on any atom is -0.493 e. The molecule has 0 radical (unpaired) electrons. The minimum atomic E-state index is -0.855. The van der Waals surface area contributed by atoms with Crippen molar-refractivity contribution in [3.8, 4) is 11.5 Å². The van der Waals surface area contributed by atoms with Crippen molar-refractivity contribution in [3.63, 3.8) is 0 Å². The lowest BCUT2D eigenvalue weighted by molar-refractivity contribution is -0.384. The maximum atomic E-state index is 14.0. The zero-order valence-electron chi connectivity index (χ0n) is 25.2. The van der Waals surface area contributed by atoms with Gasteiger partial charge in [0.1, 0.15) is 6.61 Å². The number of hydrogen-bond acceptors (Lipinski definition) is 9. The third-order valence-corrected chi connectivity index (χ3v) is 8.35. The van der Waals surface area contributed by atoms with Crippen LogP contribution in [0.1, 0.15) is 55.8 Å². The second kappa shape index (κ2) is 14.2. The molecule has 0 amide bonds. The predicted molar refractivity (Wildman–Crippen MR) is 171 cm³/mol. The summed E-state index contributed by atoms with van der Waals surface area (Å²) in [5, 5.41) is 11.1. The Morgan fingerprint density at radius 2 is 1.82 bits per heavy atom. The summed E-state index contributed by atoms with van der Waals surface area (Å²) in [6, 6.07) is 19.8. The number of ether oxygens (including phenoxy) is 3. The van der Waals surface area contributed by atoms with Crippen molar-refractivity contribution in [1.29, 1.82) is 0 Å². The highest BCUT2D eigenvalue weighted by molar-refractivity contribution is 7.07. The summed E-state index contributed by atoms with van der Waals surface area (Å²) in [5.41, 5.74) is 2.33. The number of aromatic nitrogens is 1. The quantitative estimate of drug-likeness (QED) is 0.0884. The number of non-ortho nitro benzene ring substituents is 1. The fourth-order valence-electron chi connectivity index (χ4n) is 5.05. The lowest BCUT2D eigenvalue weighted by Crippen LogP contribution is -2.39. The number of allylic oxidation sites excluding steroid dienone is 1. The van der Waals surface area contributed by atoms with Crippen LogP contribution in [0.25, 0.3) is 6.08 Å². The summed E-state index contributed by atoms with van der Waals surface area (Å²) in [4.78, 5) is 43.4. The van der Waals surface area contributed by atoms with Crippen LogP contribution < -0.4 is 24.4 Å². The van der Waals surface area contributed by atoms with Crippen molar-refractivity contribution in [2.45, 2.75) is 45.8 Å². The third kappa shape index (κ3) is 7.04. The first-order valence-corrected chi connectivity index (χ1v) is 15.4. The molecule has 1 aliphatic heterocycles. The molecule has 45 heavy (non-hydrogen) atoms. The number of unbranched alkanes of at least 4 members (excludes halogenated alkanes) is 2. The van der Waals surface area contributed by atoms with Gasteiger partial charge in [0.05, 0.1) is 40.5 Å². The SMILES string of the molecule is CCCCCOc1ccc(C2C(C(=O)OCc3ccccc3)=C(C)N=c3sc(=Cc4ccc([N+](=O)[O-])cc4)c(=O)n32)cc1OC. The number of carbonyl (C=O) groups is 1. The molecule has 11 heteroatoms. The number of nitro groups is 1. The lowest BCUT2D eigenvalue weighted by Gasteiger charge is -2.25. The Labute approximate surface area is 263 Å². The minimum absolute atomic E-state index is 0.0466. The number of rotatable bonds is 12. The molecule has 0 saturated carbocycles. The van der Waals surface area contributed by atoms with Crippen LogP contribution >= 0.6 is 11.3 Å². The Kier molecular flexibility index (Phi) is 9.89. The summed E-state index contributed by atoms with van der Waals surface area (Å²) in [6.07, 6.45) is 4.69. The lowest BCUT2D eigenvalue weighted by atomic mass is 9.95. The van der Waals surface area contributed by atoms with Crippen molar-refractivity contribution in [3.05, 3.63) is 131 Å². The molecule has 232 valence electrons. The largest absolute Gasteiger partial charge is 0.493 e. The van der Waals surface area contributed by atoms with Gasteiger partial charge in [-0.25, -0.2) is 9.79 Å². The fourth-order valence-corrected chi connectivity index (χ4v) is 6.10. The number of benzene rings is 3. The first kappa shape index (κ1) is 31.4. The van der Waals surface area contributed by atoms with Gasteiger partial charge in [-0.05, 0) is 60.4 Å². The van der Waals surface area contributed by atoms with Crippen LogP contribution in [0.4, 0.5) is 5.69 Å². The number of fused-ring (bicyclic) bond motifs is 1. The monoisotopic (exact) mass is 627 g/mol. The highest BCUT2D eigenvalue weighted by Gasteiger charge is 2.34. The summed E-state index contributed by atoms with van der Waals surface area (Å²) >= 11 is 1.17. The predicted octanol–water partition coefficient (Wildman–Crippen LogP) is 5.46. The Bertz CT molecular complexity index is 1910. The van der Waals surface area contributed by atoms with Crippen LogP contribution in [-0.2, 0) is 16.1 Å². The molecule has 1 aromatic heterocycles. The van der Waals surface area contributed by atoms with E-state index >= 15 is 0 Å². The van der Waals surface area contributed by atoms with E-state index < -0.39 is 16.9 Å². The molecule has 0 saturated heterocycles. The first-order valence-electron chi connectivity index (χ1n) is 14.6. The molecule has 0 bridgehead atoms. The summed E-state index contributed by atoms with van der Waals surface area (Å²) < 4.78 is 19.3. The molecule has 0 aliphatic carbocycles. The molecule has 1 unspecified atom stereocenters. The van der Waals surface area contributed by atoms with E-state index in [0.717, 1.165) is 24.8 Å². The van der Waals surface area contributed by atoms with Crippen molar-refractivity contribution in [2.24, 2.45) is 4.99 Å². The number of esters is 1. The van der Waals surface area contributed by atoms with Gasteiger partial charge in [0, 0.05) is 12.1 Å². The number of nitrogens with zero attached hydrogens (tertiary/aromatic N) is 3. The van der Waals surface area contributed by atoms with E-state index in [0.29, 0.717) is 44.3 Å². The molecular weight excluding hydrogens is 594 g/mol. The van der Waals surface area contributed by atoms with E-state index in [1.165, 1.54) is 28.0 Å². The van der Waals surface area contributed by atoms with Gasteiger partial charge in [-0.2, -0.15) is 0 Å². The number of nitro benzene ring substituents is 1. The zero-order chi connectivity index (χ0) is 31.9. The molecule has 0 fully saturated rings. The van der Waals surface area contributed by atoms with Crippen LogP contribution in [0.5, 0.6) is 11.5 Å². The van der Waals surface area contributed by atoms with Crippen LogP contribution in [0, 0.1) is 10.1 Å². The molecule has 10 nitrogen and oxygen atoms in total. The number of hydrogen-bond donors (Lipinski definition) is 0. The van der Waals surface area contributed by atoms with Crippen molar-refractivity contribution < 1.29 is 23.9 Å². The summed E-state index contributed by atoms with van der Waals surface area (Å²) in [6.45, 7) is 4.45. The van der Waals surface area contributed by atoms with E-state index in [1.807, 2.05) is 36.4 Å².